The van der Waals surface area contributed by atoms with Crippen molar-refractivity contribution in [3.05, 3.63) is 101 Å². The van der Waals surface area contributed by atoms with Gasteiger partial charge in [0, 0.05) is 17.9 Å². The first-order valence-corrected chi connectivity index (χ1v) is 10.2. The lowest BCUT2D eigenvalue weighted by molar-refractivity contribution is 0.0754. The van der Waals surface area contributed by atoms with Crippen LogP contribution in [0.3, 0.4) is 0 Å². The lowest BCUT2D eigenvalue weighted by atomic mass is 10.1. The van der Waals surface area contributed by atoms with E-state index in [1.807, 2.05) is 54.6 Å². The predicted molar refractivity (Wildman–Crippen MR) is 110 cm³/mol. The van der Waals surface area contributed by atoms with Gasteiger partial charge >= 0.3 is 0 Å². The highest BCUT2D eigenvalue weighted by atomic mass is 32.2. The van der Waals surface area contributed by atoms with E-state index in [1.165, 1.54) is 12.1 Å². The van der Waals surface area contributed by atoms with Crippen LogP contribution in [0.15, 0.2) is 78.9 Å². The second kappa shape index (κ2) is 8.48. The van der Waals surface area contributed by atoms with Crippen molar-refractivity contribution in [1.29, 1.82) is 0 Å². The highest BCUT2D eigenvalue weighted by Crippen LogP contribution is 2.42. The Kier molecular flexibility index (Phi) is 5.63. The van der Waals surface area contributed by atoms with Crippen molar-refractivity contribution in [2.24, 2.45) is 0 Å². The molecule has 4 rings (SSSR count). The van der Waals surface area contributed by atoms with Crippen LogP contribution in [-0.4, -0.2) is 23.1 Å². The maximum absolute atomic E-state index is 14.1. The number of rotatable bonds is 5. The topological polar surface area (TPSA) is 29.5 Å². The number of carbonyl (C=O) groups is 1. The van der Waals surface area contributed by atoms with Crippen molar-refractivity contribution in [2.75, 3.05) is 12.3 Å². The van der Waals surface area contributed by atoms with E-state index in [9.17, 15) is 9.18 Å². The molecule has 142 valence electrons. The van der Waals surface area contributed by atoms with Gasteiger partial charge < -0.3 is 9.64 Å². The van der Waals surface area contributed by atoms with Crippen molar-refractivity contribution in [2.45, 2.75) is 12.0 Å². The Morgan fingerprint density at radius 1 is 1.00 bits per heavy atom. The Morgan fingerprint density at radius 3 is 2.54 bits per heavy atom. The SMILES string of the molecule is O=C(c1ccccc1F)N1CCSC1c1ccccc1OCc1ccccc1. The first kappa shape index (κ1) is 18.6. The summed E-state index contributed by atoms with van der Waals surface area (Å²) in [7, 11) is 0. The minimum atomic E-state index is -0.489. The van der Waals surface area contributed by atoms with E-state index in [4.69, 9.17) is 4.74 Å². The van der Waals surface area contributed by atoms with Gasteiger partial charge in [0.05, 0.1) is 5.56 Å². The monoisotopic (exact) mass is 393 g/mol. The van der Waals surface area contributed by atoms with Gasteiger partial charge in [-0.25, -0.2) is 4.39 Å². The van der Waals surface area contributed by atoms with E-state index in [0.29, 0.717) is 13.2 Å². The number of halogens is 1. The second-order valence-electron chi connectivity index (χ2n) is 6.51. The van der Waals surface area contributed by atoms with Crippen LogP contribution in [-0.2, 0) is 6.61 Å². The van der Waals surface area contributed by atoms with Gasteiger partial charge in [0.1, 0.15) is 23.5 Å². The van der Waals surface area contributed by atoms with Crippen LogP contribution in [0.25, 0.3) is 0 Å². The van der Waals surface area contributed by atoms with Gasteiger partial charge in [0.25, 0.3) is 5.91 Å². The fourth-order valence-corrected chi connectivity index (χ4v) is 4.56. The largest absolute Gasteiger partial charge is 0.489 e. The molecule has 0 radical (unpaired) electrons. The Bertz CT molecular complexity index is 964. The summed E-state index contributed by atoms with van der Waals surface area (Å²) in [5.41, 5.74) is 2.12. The van der Waals surface area contributed by atoms with Crippen LogP contribution in [0, 0.1) is 5.82 Å². The van der Waals surface area contributed by atoms with Crippen LogP contribution in [0.2, 0.25) is 0 Å². The number of nitrogens with zero attached hydrogens (tertiary/aromatic N) is 1. The fourth-order valence-electron chi connectivity index (χ4n) is 3.28. The fraction of sp³-hybridized carbons (Fsp3) is 0.174. The van der Waals surface area contributed by atoms with Crippen molar-refractivity contribution < 1.29 is 13.9 Å². The van der Waals surface area contributed by atoms with Gasteiger partial charge in [-0.3, -0.25) is 4.79 Å². The third-order valence-corrected chi connectivity index (χ3v) is 5.92. The average Bonchev–Trinajstić information content (AvgIpc) is 3.23. The molecular weight excluding hydrogens is 373 g/mol. The van der Waals surface area contributed by atoms with E-state index < -0.39 is 5.82 Å². The number of benzene rings is 3. The molecule has 1 fully saturated rings. The summed E-state index contributed by atoms with van der Waals surface area (Å²) in [5.74, 6) is 0.775. The molecule has 3 nitrogen and oxygen atoms in total. The first-order valence-electron chi connectivity index (χ1n) is 9.17. The van der Waals surface area contributed by atoms with Gasteiger partial charge in [-0.15, -0.1) is 11.8 Å². The summed E-state index contributed by atoms with van der Waals surface area (Å²) >= 11 is 1.67. The number of para-hydroxylation sites is 1. The van der Waals surface area contributed by atoms with Gasteiger partial charge in [-0.05, 0) is 23.8 Å². The summed E-state index contributed by atoms with van der Waals surface area (Å²) in [6.07, 6.45) is 0. The normalized spacial score (nSPS) is 16.2. The van der Waals surface area contributed by atoms with Gasteiger partial charge in [-0.1, -0.05) is 60.7 Å². The zero-order chi connectivity index (χ0) is 19.3. The molecule has 0 spiro atoms. The Morgan fingerprint density at radius 2 is 1.71 bits per heavy atom. The molecule has 1 saturated heterocycles. The minimum Gasteiger partial charge on any atom is -0.489 e. The van der Waals surface area contributed by atoms with Crippen LogP contribution < -0.4 is 4.74 Å². The van der Waals surface area contributed by atoms with Gasteiger partial charge in [-0.2, -0.15) is 0 Å². The molecule has 0 N–H and O–H groups in total. The third-order valence-electron chi connectivity index (χ3n) is 4.68. The molecule has 3 aromatic rings. The number of ether oxygens (including phenoxy) is 1. The summed E-state index contributed by atoms with van der Waals surface area (Å²) < 4.78 is 20.2. The Hall–Kier alpha value is -2.79. The molecule has 3 aromatic carbocycles. The quantitative estimate of drug-likeness (QED) is 0.590. The van der Waals surface area contributed by atoms with E-state index in [2.05, 4.69) is 0 Å². The summed E-state index contributed by atoms with van der Waals surface area (Å²) in [4.78, 5) is 14.7. The van der Waals surface area contributed by atoms with E-state index in [0.717, 1.165) is 22.6 Å². The highest BCUT2D eigenvalue weighted by Gasteiger charge is 2.34. The number of carbonyl (C=O) groups excluding carboxylic acids is 1. The van der Waals surface area contributed by atoms with E-state index in [-0.39, 0.29) is 16.8 Å². The summed E-state index contributed by atoms with van der Waals surface area (Å²) in [6.45, 7) is 1.03. The first-order chi connectivity index (χ1) is 13.7. The molecule has 0 bridgehead atoms. The molecule has 0 aromatic heterocycles. The van der Waals surface area contributed by atoms with Crippen molar-refractivity contribution in [3.8, 4) is 5.75 Å². The maximum atomic E-state index is 14.1. The van der Waals surface area contributed by atoms with E-state index in [1.54, 1.807) is 28.8 Å². The second-order valence-corrected chi connectivity index (χ2v) is 7.70. The highest BCUT2D eigenvalue weighted by molar-refractivity contribution is 7.99. The third kappa shape index (κ3) is 3.90. The average molecular weight is 393 g/mol. The van der Waals surface area contributed by atoms with Crippen molar-refractivity contribution >= 4 is 17.7 Å². The molecule has 1 amide bonds. The Balaban J connectivity index is 1.58. The van der Waals surface area contributed by atoms with Crippen LogP contribution in [0.5, 0.6) is 5.75 Å². The molecule has 0 aliphatic carbocycles. The van der Waals surface area contributed by atoms with Crippen LogP contribution in [0.1, 0.15) is 26.9 Å². The summed E-state index contributed by atoms with van der Waals surface area (Å²) in [5, 5.41) is -0.195. The summed E-state index contributed by atoms with van der Waals surface area (Å²) in [6, 6.07) is 23.9. The van der Waals surface area contributed by atoms with Gasteiger partial charge in [0.15, 0.2) is 0 Å². The lowest BCUT2D eigenvalue weighted by Gasteiger charge is -2.26. The number of amides is 1. The van der Waals surface area contributed by atoms with E-state index >= 15 is 0 Å². The van der Waals surface area contributed by atoms with Crippen LogP contribution in [0.4, 0.5) is 4.39 Å². The predicted octanol–water partition coefficient (Wildman–Crippen LogP) is 5.29. The smallest absolute Gasteiger partial charge is 0.258 e. The minimum absolute atomic E-state index is 0.109. The number of hydrogen-bond acceptors (Lipinski definition) is 3. The van der Waals surface area contributed by atoms with Crippen molar-refractivity contribution in [3.63, 3.8) is 0 Å². The molecule has 0 saturated carbocycles. The molecule has 1 aliphatic rings. The molecule has 5 heteroatoms. The molecule has 28 heavy (non-hydrogen) atoms. The molecule has 1 heterocycles. The Labute approximate surface area is 168 Å². The van der Waals surface area contributed by atoms with Gasteiger partial charge in [0.2, 0.25) is 0 Å². The zero-order valence-corrected chi connectivity index (χ0v) is 16.1. The number of hydrogen-bond donors (Lipinski definition) is 0. The molecule has 1 atom stereocenters. The van der Waals surface area contributed by atoms with Crippen molar-refractivity contribution in [1.82, 2.24) is 4.90 Å². The zero-order valence-electron chi connectivity index (χ0n) is 15.3. The maximum Gasteiger partial charge on any atom is 0.258 e. The molecule has 1 unspecified atom stereocenters. The molecule has 1 aliphatic heterocycles. The van der Waals surface area contributed by atoms with Crippen LogP contribution >= 0.6 is 11.8 Å². The standard InChI is InChI=1S/C23H20FNO2S/c24-20-12-6-4-10-18(20)22(26)25-14-15-28-23(25)19-11-5-7-13-21(19)27-16-17-8-2-1-3-9-17/h1-13,23H,14-16H2. The molecular formula is C23H20FNO2S. The lowest BCUT2D eigenvalue weighted by Crippen LogP contribution is -2.31. The number of thioether (sulfide) groups is 1.